The fraction of sp³-hybridized carbons (Fsp3) is 0.238. The average molecular weight is 418 g/mol. The lowest BCUT2D eigenvalue weighted by atomic mass is 9.99. The third kappa shape index (κ3) is 4.06. The van der Waals surface area contributed by atoms with Crippen molar-refractivity contribution in [3.63, 3.8) is 0 Å². The van der Waals surface area contributed by atoms with E-state index in [1.807, 2.05) is 39.3 Å². The number of pyridine rings is 1. The number of hydrogen-bond donors (Lipinski definition) is 3. The predicted molar refractivity (Wildman–Crippen MR) is 116 cm³/mol. The van der Waals surface area contributed by atoms with Gasteiger partial charge in [0.25, 0.3) is 5.56 Å². The maximum absolute atomic E-state index is 12.2. The molecule has 3 N–H and O–H groups in total. The number of fused-ring (bicyclic) bond motifs is 1. The molecule has 0 aliphatic rings. The number of nitrogens with one attached hydrogen (secondary N) is 1. The summed E-state index contributed by atoms with van der Waals surface area (Å²) in [6.45, 7) is 4.45. The minimum Gasteiger partial charge on any atom is -0.506 e. The lowest BCUT2D eigenvalue weighted by Crippen LogP contribution is -2.20. The van der Waals surface area contributed by atoms with Crippen molar-refractivity contribution in [1.29, 1.82) is 0 Å². The largest absolute Gasteiger partial charge is 0.506 e. The first-order chi connectivity index (χ1) is 13.2. The molecule has 1 aromatic carbocycles. The molecule has 0 radical (unpaired) electrons. The molecule has 0 unspecified atom stereocenters. The second kappa shape index (κ2) is 8.55. The Morgan fingerprint density at radius 2 is 2.00 bits per heavy atom. The third-order valence-corrected chi connectivity index (χ3v) is 4.76. The van der Waals surface area contributed by atoms with E-state index >= 15 is 0 Å². The van der Waals surface area contributed by atoms with E-state index in [9.17, 15) is 19.8 Å². The fourth-order valence-corrected chi connectivity index (χ4v) is 3.45. The topological polar surface area (TPSA) is 98.6 Å². The molecule has 2 aromatic heterocycles. The summed E-state index contributed by atoms with van der Waals surface area (Å²) in [6, 6.07) is 7.79. The number of carboxylic acids is 1. The van der Waals surface area contributed by atoms with Crippen molar-refractivity contribution in [1.82, 2.24) is 14.5 Å². The number of allylic oxidation sites excluding steroid dienone is 1. The molecule has 8 heteroatoms. The summed E-state index contributed by atoms with van der Waals surface area (Å²) < 4.78 is 2.11. The molecule has 7 nitrogen and oxygen atoms in total. The van der Waals surface area contributed by atoms with Gasteiger partial charge < -0.3 is 24.7 Å². The lowest BCUT2D eigenvalue weighted by Gasteiger charge is -2.12. The van der Waals surface area contributed by atoms with Gasteiger partial charge in [-0.15, -0.1) is 19.0 Å². The Labute approximate surface area is 174 Å². The van der Waals surface area contributed by atoms with Crippen LogP contribution in [0.25, 0.3) is 22.2 Å². The molecule has 0 atom stereocenters. The van der Waals surface area contributed by atoms with Crippen molar-refractivity contribution in [2.24, 2.45) is 7.05 Å². The highest BCUT2D eigenvalue weighted by atomic mass is 35.5. The van der Waals surface area contributed by atoms with Crippen LogP contribution in [0.1, 0.15) is 21.6 Å². The molecule has 0 saturated heterocycles. The number of aromatic carboxylic acids is 1. The van der Waals surface area contributed by atoms with Gasteiger partial charge in [-0.3, -0.25) is 4.79 Å². The number of hydrogen-bond acceptors (Lipinski definition) is 4. The summed E-state index contributed by atoms with van der Waals surface area (Å²) in [5.41, 5.74) is 2.10. The molecule has 29 heavy (non-hydrogen) atoms. The number of carboxylic acid groups (broad SMARTS) is 1. The molecule has 3 rings (SSSR count). The predicted octanol–water partition coefficient (Wildman–Crippen LogP) is 3.15. The maximum atomic E-state index is 12.2. The van der Waals surface area contributed by atoms with E-state index < -0.39 is 22.8 Å². The van der Waals surface area contributed by atoms with E-state index in [2.05, 4.69) is 27.1 Å². The first-order valence-corrected chi connectivity index (χ1v) is 8.80. The number of benzene rings is 1. The second-order valence-corrected chi connectivity index (χ2v) is 7.04. The summed E-state index contributed by atoms with van der Waals surface area (Å²) >= 11 is 0. The molecule has 0 amide bonds. The average Bonchev–Trinajstić information content (AvgIpc) is 2.91. The van der Waals surface area contributed by atoms with Crippen molar-refractivity contribution < 1.29 is 15.0 Å². The number of halogens is 1. The molecule has 0 aliphatic heterocycles. The van der Waals surface area contributed by atoms with E-state index in [0.717, 1.165) is 23.1 Å². The van der Waals surface area contributed by atoms with Crippen LogP contribution in [0.5, 0.6) is 5.75 Å². The monoisotopic (exact) mass is 417 g/mol. The molecule has 154 valence electrons. The van der Waals surface area contributed by atoms with Crippen LogP contribution in [-0.2, 0) is 20.0 Å². The number of nitrogens with zero attached hydrogens (tertiary/aromatic N) is 2. The van der Waals surface area contributed by atoms with Crippen LogP contribution >= 0.6 is 12.4 Å². The van der Waals surface area contributed by atoms with Gasteiger partial charge in [0, 0.05) is 35.8 Å². The molecule has 2 heterocycles. The van der Waals surface area contributed by atoms with Gasteiger partial charge in [0.15, 0.2) is 5.56 Å². The number of carbonyl (C=O) groups is 1. The van der Waals surface area contributed by atoms with Gasteiger partial charge >= 0.3 is 5.97 Å². The minimum absolute atomic E-state index is 0. The number of aryl methyl sites for hydroxylation is 1. The molecule has 0 bridgehead atoms. The van der Waals surface area contributed by atoms with Crippen LogP contribution in [0.3, 0.4) is 0 Å². The number of aromatic nitrogens is 2. The summed E-state index contributed by atoms with van der Waals surface area (Å²) in [7, 11) is 6.00. The molecule has 0 spiro atoms. The Bertz CT molecular complexity index is 1150. The highest BCUT2D eigenvalue weighted by molar-refractivity contribution is 5.93. The summed E-state index contributed by atoms with van der Waals surface area (Å²) in [6.07, 6.45) is 1.77. The van der Waals surface area contributed by atoms with Crippen molar-refractivity contribution in [2.75, 3.05) is 14.1 Å². The Morgan fingerprint density at radius 1 is 1.31 bits per heavy atom. The van der Waals surface area contributed by atoms with Crippen molar-refractivity contribution in [3.05, 3.63) is 64.1 Å². The van der Waals surface area contributed by atoms with Crippen LogP contribution in [0.4, 0.5) is 0 Å². The van der Waals surface area contributed by atoms with E-state index in [1.54, 1.807) is 6.08 Å². The normalized spacial score (nSPS) is 10.9. The number of rotatable bonds is 6. The molecule has 0 fully saturated rings. The van der Waals surface area contributed by atoms with Gasteiger partial charge in [-0.05, 0) is 44.3 Å². The van der Waals surface area contributed by atoms with Gasteiger partial charge in [-0.1, -0.05) is 12.1 Å². The molecule has 0 saturated carbocycles. The van der Waals surface area contributed by atoms with Gasteiger partial charge in [-0.2, -0.15) is 0 Å². The van der Waals surface area contributed by atoms with Crippen molar-refractivity contribution in [3.8, 4) is 17.0 Å². The minimum atomic E-state index is -1.47. The Hall–Kier alpha value is -3.03. The zero-order valence-corrected chi connectivity index (χ0v) is 17.3. The lowest BCUT2D eigenvalue weighted by molar-refractivity contribution is 0.0691. The highest BCUT2D eigenvalue weighted by Gasteiger charge is 2.22. The SMILES string of the molecule is C=CCc1c(-c2ccc3c(c2)cc(CN(C)C)n3C)[nH]c(=O)c(C(=O)O)c1O.Cl. The van der Waals surface area contributed by atoms with Gasteiger partial charge in [-0.25, -0.2) is 4.79 Å². The third-order valence-electron chi connectivity index (χ3n) is 4.76. The standard InChI is InChI=1S/C21H23N3O4.ClH/c1-5-6-15-18(22-20(26)17(19(15)25)21(27)28)12-7-8-16-13(9-12)10-14(24(16)4)11-23(2)3;/h5,7-10H,1,6,11H2,2-4H3,(H,27,28)(H2,22,25,26);1H. The summed E-state index contributed by atoms with van der Waals surface area (Å²) in [4.78, 5) is 28.3. The van der Waals surface area contributed by atoms with Gasteiger partial charge in [0.05, 0.1) is 5.69 Å². The number of aromatic hydroxyl groups is 1. The Morgan fingerprint density at radius 3 is 2.59 bits per heavy atom. The van der Waals surface area contributed by atoms with Gasteiger partial charge in [0.2, 0.25) is 0 Å². The molecular weight excluding hydrogens is 394 g/mol. The Balaban J connectivity index is 0.00000300. The van der Waals surface area contributed by atoms with Crippen LogP contribution in [-0.4, -0.2) is 44.7 Å². The fourth-order valence-electron chi connectivity index (χ4n) is 3.45. The van der Waals surface area contributed by atoms with E-state index in [1.165, 1.54) is 0 Å². The van der Waals surface area contributed by atoms with Gasteiger partial charge in [0.1, 0.15) is 5.75 Å². The Kier molecular flexibility index (Phi) is 6.56. The summed E-state index contributed by atoms with van der Waals surface area (Å²) in [5.74, 6) is -1.99. The van der Waals surface area contributed by atoms with E-state index in [-0.39, 0.29) is 18.8 Å². The van der Waals surface area contributed by atoms with Crippen LogP contribution in [0, 0.1) is 0 Å². The molecular formula is C21H24ClN3O4. The zero-order valence-electron chi connectivity index (χ0n) is 16.5. The quantitative estimate of drug-likeness (QED) is 0.535. The molecule has 3 aromatic rings. The smallest absolute Gasteiger partial charge is 0.345 e. The van der Waals surface area contributed by atoms with Crippen LogP contribution in [0.15, 0.2) is 41.7 Å². The zero-order chi connectivity index (χ0) is 20.6. The first kappa shape index (κ1) is 22.3. The number of H-pyrrole nitrogens is 1. The molecule has 0 aliphatic carbocycles. The van der Waals surface area contributed by atoms with Crippen LogP contribution < -0.4 is 5.56 Å². The van der Waals surface area contributed by atoms with Crippen molar-refractivity contribution >= 4 is 29.3 Å². The van der Waals surface area contributed by atoms with E-state index in [4.69, 9.17) is 0 Å². The summed E-state index contributed by atoms with van der Waals surface area (Å²) in [5, 5.41) is 20.6. The maximum Gasteiger partial charge on any atom is 0.345 e. The van der Waals surface area contributed by atoms with Crippen LogP contribution in [0.2, 0.25) is 0 Å². The second-order valence-electron chi connectivity index (χ2n) is 7.04. The van der Waals surface area contributed by atoms with E-state index in [0.29, 0.717) is 16.8 Å². The highest BCUT2D eigenvalue weighted by Crippen LogP contribution is 2.32. The first-order valence-electron chi connectivity index (χ1n) is 8.80. The van der Waals surface area contributed by atoms with Crippen molar-refractivity contribution in [2.45, 2.75) is 13.0 Å². The number of aromatic amines is 1.